The number of hydrogen-bond acceptors (Lipinski definition) is 5. The fourth-order valence-corrected chi connectivity index (χ4v) is 5.15. The number of thiazole rings is 1. The minimum Gasteiger partial charge on any atom is -0.373 e. The van der Waals surface area contributed by atoms with Gasteiger partial charge in [-0.05, 0) is 38.1 Å². The van der Waals surface area contributed by atoms with Gasteiger partial charge in [0.25, 0.3) is 5.91 Å². The van der Waals surface area contributed by atoms with Crippen molar-refractivity contribution in [1.82, 2.24) is 8.87 Å². The molecule has 1 aliphatic heterocycles. The summed E-state index contributed by atoms with van der Waals surface area (Å²) in [7, 11) is -1.81. The van der Waals surface area contributed by atoms with Crippen LogP contribution >= 0.6 is 11.3 Å². The summed E-state index contributed by atoms with van der Waals surface area (Å²) in [5, 5.41) is 1.84. The van der Waals surface area contributed by atoms with Crippen LogP contribution in [-0.2, 0) is 21.8 Å². The Hall–Kier alpha value is -1.81. The Morgan fingerprint density at radius 2 is 1.81 bits per heavy atom. The standard InChI is InChI=1S/C17H21N3O4S2/c1-12-10-20(11-13(2)24-12)26(22,23)15-6-4-14(5-7-15)16(21)18-17-19(3)8-9-25-17/h4-9,12-13H,10-11H2,1-3H3/t12-,13+. The van der Waals surface area contributed by atoms with Crippen LogP contribution in [0.3, 0.4) is 0 Å². The number of hydrogen-bond donors (Lipinski definition) is 0. The second kappa shape index (κ2) is 7.43. The molecule has 0 spiro atoms. The average Bonchev–Trinajstić information content (AvgIpc) is 2.99. The van der Waals surface area contributed by atoms with Gasteiger partial charge in [0.15, 0.2) is 4.80 Å². The van der Waals surface area contributed by atoms with Gasteiger partial charge in [0.05, 0.1) is 17.1 Å². The lowest BCUT2D eigenvalue weighted by Crippen LogP contribution is -2.48. The van der Waals surface area contributed by atoms with Gasteiger partial charge in [-0.15, -0.1) is 11.3 Å². The van der Waals surface area contributed by atoms with E-state index in [4.69, 9.17) is 4.74 Å². The number of rotatable bonds is 3. The first-order valence-electron chi connectivity index (χ1n) is 8.22. The number of benzene rings is 1. The van der Waals surface area contributed by atoms with Crippen molar-refractivity contribution < 1.29 is 17.9 Å². The van der Waals surface area contributed by atoms with E-state index < -0.39 is 15.9 Å². The molecule has 26 heavy (non-hydrogen) atoms. The summed E-state index contributed by atoms with van der Waals surface area (Å²) in [6.45, 7) is 4.34. The van der Waals surface area contributed by atoms with Crippen molar-refractivity contribution in [1.29, 1.82) is 0 Å². The van der Waals surface area contributed by atoms with Crippen LogP contribution in [0.2, 0.25) is 0 Å². The minimum absolute atomic E-state index is 0.153. The van der Waals surface area contributed by atoms with Gasteiger partial charge in [-0.3, -0.25) is 4.79 Å². The number of amides is 1. The van der Waals surface area contributed by atoms with E-state index in [9.17, 15) is 13.2 Å². The van der Waals surface area contributed by atoms with Crippen LogP contribution in [0.1, 0.15) is 24.2 Å². The van der Waals surface area contributed by atoms with Crippen LogP contribution in [0, 0.1) is 0 Å². The molecule has 1 aliphatic rings. The molecule has 1 fully saturated rings. The monoisotopic (exact) mass is 395 g/mol. The van der Waals surface area contributed by atoms with Crippen LogP contribution in [0.4, 0.5) is 0 Å². The van der Waals surface area contributed by atoms with Gasteiger partial charge in [-0.1, -0.05) is 0 Å². The maximum Gasteiger partial charge on any atom is 0.279 e. The van der Waals surface area contributed by atoms with Crippen LogP contribution in [0.15, 0.2) is 45.7 Å². The highest BCUT2D eigenvalue weighted by Gasteiger charge is 2.32. The molecule has 0 radical (unpaired) electrons. The van der Waals surface area contributed by atoms with E-state index in [1.54, 1.807) is 4.57 Å². The minimum atomic E-state index is -3.62. The molecule has 1 aromatic heterocycles. The van der Waals surface area contributed by atoms with E-state index in [2.05, 4.69) is 4.99 Å². The third-order valence-electron chi connectivity index (χ3n) is 4.08. The third-order valence-corrected chi connectivity index (χ3v) is 6.78. The Morgan fingerprint density at radius 3 is 2.35 bits per heavy atom. The maximum atomic E-state index is 12.8. The van der Waals surface area contributed by atoms with Gasteiger partial charge >= 0.3 is 0 Å². The normalized spacial score (nSPS) is 22.5. The molecule has 9 heteroatoms. The highest BCUT2D eigenvalue weighted by Crippen LogP contribution is 2.21. The number of sulfonamides is 1. The average molecular weight is 396 g/mol. The predicted octanol–water partition coefficient (Wildman–Crippen LogP) is 1.63. The number of morpholine rings is 1. The molecule has 7 nitrogen and oxygen atoms in total. The Bertz CT molecular complexity index is 950. The van der Waals surface area contributed by atoms with E-state index in [1.165, 1.54) is 39.9 Å². The smallest absolute Gasteiger partial charge is 0.279 e. The van der Waals surface area contributed by atoms with Gasteiger partial charge < -0.3 is 9.30 Å². The van der Waals surface area contributed by atoms with Crippen molar-refractivity contribution in [2.45, 2.75) is 31.0 Å². The lowest BCUT2D eigenvalue weighted by molar-refractivity contribution is -0.0440. The molecule has 0 unspecified atom stereocenters. The SMILES string of the molecule is C[C@@H]1CN(S(=O)(=O)c2ccc(C(=O)N=c3sccn3C)cc2)C[C@H](C)O1. The number of ether oxygens (including phenoxy) is 1. The molecule has 2 heterocycles. The number of nitrogens with zero attached hydrogens (tertiary/aromatic N) is 3. The van der Waals surface area contributed by atoms with Crippen molar-refractivity contribution in [3.05, 3.63) is 46.2 Å². The first-order valence-corrected chi connectivity index (χ1v) is 10.5. The van der Waals surface area contributed by atoms with Crippen LogP contribution in [0.5, 0.6) is 0 Å². The Kier molecular flexibility index (Phi) is 5.42. The molecule has 0 bridgehead atoms. The van der Waals surface area contributed by atoms with Crippen molar-refractivity contribution >= 4 is 27.3 Å². The zero-order chi connectivity index (χ0) is 18.9. The van der Waals surface area contributed by atoms with Gasteiger partial charge in [-0.2, -0.15) is 9.30 Å². The fraction of sp³-hybridized carbons (Fsp3) is 0.412. The highest BCUT2D eigenvalue weighted by atomic mass is 32.2. The molecule has 1 amide bonds. The van der Waals surface area contributed by atoms with E-state index >= 15 is 0 Å². The van der Waals surface area contributed by atoms with Gasteiger partial charge in [-0.25, -0.2) is 8.42 Å². The molecule has 1 saturated heterocycles. The molecule has 2 atom stereocenters. The molecule has 3 rings (SSSR count). The molecule has 0 aliphatic carbocycles. The molecule has 2 aromatic rings. The zero-order valence-corrected chi connectivity index (χ0v) is 16.5. The van der Waals surface area contributed by atoms with Crippen molar-refractivity contribution in [2.24, 2.45) is 12.0 Å². The molecular formula is C17H21N3O4S2. The molecule has 1 aromatic carbocycles. The van der Waals surface area contributed by atoms with Gasteiger partial charge in [0.2, 0.25) is 10.0 Å². The lowest BCUT2D eigenvalue weighted by atomic mass is 10.2. The first kappa shape index (κ1) is 19.0. The summed E-state index contributed by atoms with van der Waals surface area (Å²) in [5.74, 6) is -0.402. The summed E-state index contributed by atoms with van der Waals surface area (Å²) in [6.07, 6.45) is 1.51. The van der Waals surface area contributed by atoms with Crippen LogP contribution < -0.4 is 4.80 Å². The summed E-state index contributed by atoms with van der Waals surface area (Å²) >= 11 is 1.36. The van der Waals surface area contributed by atoms with E-state index in [-0.39, 0.29) is 17.1 Å². The van der Waals surface area contributed by atoms with E-state index in [1.807, 2.05) is 32.5 Å². The number of carbonyl (C=O) groups excluding carboxylic acids is 1. The second-order valence-electron chi connectivity index (χ2n) is 6.32. The largest absolute Gasteiger partial charge is 0.373 e. The summed E-state index contributed by atoms with van der Waals surface area (Å²) in [5.41, 5.74) is 0.348. The van der Waals surface area contributed by atoms with Crippen LogP contribution in [0.25, 0.3) is 0 Å². The Morgan fingerprint density at radius 1 is 1.19 bits per heavy atom. The van der Waals surface area contributed by atoms with Crippen LogP contribution in [-0.4, -0.2) is 48.5 Å². The second-order valence-corrected chi connectivity index (χ2v) is 9.13. The van der Waals surface area contributed by atoms with E-state index in [0.29, 0.717) is 23.5 Å². The van der Waals surface area contributed by atoms with Crippen molar-refractivity contribution in [2.75, 3.05) is 13.1 Å². The summed E-state index contributed by atoms with van der Waals surface area (Å²) in [6, 6.07) is 5.91. The summed E-state index contributed by atoms with van der Waals surface area (Å²) in [4.78, 5) is 17.1. The number of aromatic nitrogens is 1. The van der Waals surface area contributed by atoms with Gasteiger partial charge in [0, 0.05) is 37.3 Å². The third kappa shape index (κ3) is 3.96. The molecule has 0 saturated carbocycles. The molecule has 140 valence electrons. The topological polar surface area (TPSA) is 81.0 Å². The first-order chi connectivity index (χ1) is 12.3. The summed E-state index contributed by atoms with van der Waals surface area (Å²) < 4.78 is 34.4. The van der Waals surface area contributed by atoms with Crippen molar-refractivity contribution in [3.63, 3.8) is 0 Å². The fourth-order valence-electron chi connectivity index (χ4n) is 2.83. The maximum absolute atomic E-state index is 12.8. The quantitative estimate of drug-likeness (QED) is 0.791. The highest BCUT2D eigenvalue weighted by molar-refractivity contribution is 7.89. The molecular weight excluding hydrogens is 374 g/mol. The predicted molar refractivity (Wildman–Crippen MR) is 98.4 cm³/mol. The lowest BCUT2D eigenvalue weighted by Gasteiger charge is -2.34. The Balaban J connectivity index is 1.83. The van der Waals surface area contributed by atoms with Crippen molar-refractivity contribution in [3.8, 4) is 0 Å². The zero-order valence-electron chi connectivity index (χ0n) is 14.8. The Labute approximate surface area is 156 Å². The van der Waals surface area contributed by atoms with Gasteiger partial charge in [0.1, 0.15) is 0 Å². The number of aryl methyl sites for hydroxylation is 1. The molecule has 0 N–H and O–H groups in total. The van der Waals surface area contributed by atoms with E-state index in [0.717, 1.165) is 0 Å². The number of carbonyl (C=O) groups is 1.